The van der Waals surface area contributed by atoms with Gasteiger partial charge in [-0.3, -0.25) is 0 Å². The van der Waals surface area contributed by atoms with Gasteiger partial charge in [-0.25, -0.2) is 4.98 Å². The van der Waals surface area contributed by atoms with Crippen molar-refractivity contribution in [2.45, 2.75) is 0 Å². The Morgan fingerprint density at radius 3 is 1.60 bits per heavy atom. The van der Waals surface area contributed by atoms with E-state index in [1.54, 1.807) is 0 Å². The summed E-state index contributed by atoms with van der Waals surface area (Å²) in [4.78, 5) is 13.6. The monoisotopic (exact) mass is 543 g/mol. The highest BCUT2D eigenvalue weighted by Gasteiger charge is 2.14. The van der Waals surface area contributed by atoms with E-state index in [9.17, 15) is 0 Å². The lowest BCUT2D eigenvalue weighted by atomic mass is 9.59. The van der Waals surface area contributed by atoms with Gasteiger partial charge in [-0.1, -0.05) is 83.7 Å². The summed E-state index contributed by atoms with van der Waals surface area (Å²) in [5.74, 6) is 0.974. The molecular formula is C33H15B5ClN3. The van der Waals surface area contributed by atoms with Gasteiger partial charge >= 0.3 is 0 Å². The summed E-state index contributed by atoms with van der Waals surface area (Å²) in [6, 6.07) is 30.5. The van der Waals surface area contributed by atoms with Crippen molar-refractivity contribution in [1.82, 2.24) is 15.0 Å². The van der Waals surface area contributed by atoms with Crippen LogP contribution >= 0.6 is 11.6 Å². The molecule has 0 bridgehead atoms. The molecule has 3 nitrogen and oxygen atoms in total. The third-order valence-electron chi connectivity index (χ3n) is 7.70. The molecule has 0 spiro atoms. The third-order valence-corrected chi connectivity index (χ3v) is 7.87. The molecule has 0 N–H and O–H groups in total. The molecule has 1 aromatic heterocycles. The molecular weight excluding hydrogens is 528 g/mol. The second kappa shape index (κ2) is 10.2. The predicted octanol–water partition coefficient (Wildman–Crippen LogP) is 2.95. The fraction of sp³-hybridized carbons (Fsp3) is 0. The Morgan fingerprint density at radius 1 is 0.429 bits per heavy atom. The minimum absolute atomic E-state index is 0.119. The van der Waals surface area contributed by atoms with Gasteiger partial charge in [0, 0.05) is 11.1 Å². The summed E-state index contributed by atoms with van der Waals surface area (Å²) in [5, 5.41) is 6.68. The van der Waals surface area contributed by atoms with Crippen LogP contribution in [0.4, 0.5) is 0 Å². The van der Waals surface area contributed by atoms with Crippen molar-refractivity contribution in [2.24, 2.45) is 0 Å². The van der Waals surface area contributed by atoms with Crippen LogP contribution in [-0.4, -0.2) is 54.2 Å². The zero-order valence-corrected chi connectivity index (χ0v) is 23.0. The fourth-order valence-corrected chi connectivity index (χ4v) is 5.62. The van der Waals surface area contributed by atoms with Gasteiger partial charge < -0.3 is 0 Å². The molecule has 0 saturated heterocycles. The minimum Gasteiger partial charge on any atom is -0.208 e. The highest BCUT2D eigenvalue weighted by Crippen LogP contribution is 2.31. The first kappa shape index (κ1) is 26.6. The molecule has 0 aliphatic carbocycles. The molecule has 0 aliphatic heterocycles. The normalized spacial score (nSPS) is 11.5. The lowest BCUT2D eigenvalue weighted by molar-refractivity contribution is 1.07. The van der Waals surface area contributed by atoms with Crippen LogP contribution in [0.15, 0.2) is 91.0 Å². The fourth-order valence-electron chi connectivity index (χ4n) is 5.46. The average molecular weight is 543 g/mol. The van der Waals surface area contributed by atoms with Crippen LogP contribution in [-0.2, 0) is 0 Å². The Hall–Kier alpha value is -4.28. The molecule has 0 fully saturated rings. The number of nitrogens with zero attached hydrogens (tertiary/aromatic N) is 3. The zero-order chi connectivity index (χ0) is 29.1. The Kier molecular flexibility index (Phi) is 6.47. The lowest BCUT2D eigenvalue weighted by Crippen LogP contribution is -2.55. The first-order valence-corrected chi connectivity index (χ1v) is 13.6. The maximum atomic E-state index is 6.40. The second-order valence-electron chi connectivity index (χ2n) is 10.2. The van der Waals surface area contributed by atoms with Gasteiger partial charge in [0.1, 0.15) is 39.2 Å². The summed E-state index contributed by atoms with van der Waals surface area (Å²) in [5.41, 5.74) is 4.20. The van der Waals surface area contributed by atoms with Crippen LogP contribution in [0.1, 0.15) is 0 Å². The zero-order valence-electron chi connectivity index (χ0n) is 22.3. The van der Waals surface area contributed by atoms with E-state index in [1.807, 2.05) is 54.6 Å². The first-order valence-electron chi connectivity index (χ1n) is 13.2. The summed E-state index contributed by atoms with van der Waals surface area (Å²) in [7, 11) is 30.7. The standard InChI is InChI=1S/C33H15B5ClN3/c34-26-25(27(35)29(37)30(38)28(26)36)20-9-6-18-14-21(10-7-17(18)13-20)31-40-32(42-33(39)41-31)22-11-12-24-19(15-22)8-5-16-3-1-2-4-23(16)24/h1-15H. The number of aromatic nitrogens is 3. The van der Waals surface area contributed by atoms with Crippen LogP contribution in [0.25, 0.3) is 66.2 Å². The molecule has 6 aromatic carbocycles. The van der Waals surface area contributed by atoms with Crippen molar-refractivity contribution < 1.29 is 0 Å². The van der Waals surface area contributed by atoms with Gasteiger partial charge in [0.15, 0.2) is 11.6 Å². The van der Waals surface area contributed by atoms with E-state index in [2.05, 4.69) is 46.4 Å². The van der Waals surface area contributed by atoms with Crippen molar-refractivity contribution in [1.29, 1.82) is 0 Å². The van der Waals surface area contributed by atoms with E-state index in [0.29, 0.717) is 28.1 Å². The van der Waals surface area contributed by atoms with Crippen molar-refractivity contribution >= 4 is 110 Å². The number of hydrogen-bond acceptors (Lipinski definition) is 3. The summed E-state index contributed by atoms with van der Waals surface area (Å²) in [6.07, 6.45) is 0. The quantitative estimate of drug-likeness (QED) is 0.255. The van der Waals surface area contributed by atoms with Gasteiger partial charge in [0.05, 0.1) is 0 Å². The largest absolute Gasteiger partial charge is 0.226 e. The number of rotatable bonds is 3. The van der Waals surface area contributed by atoms with E-state index < -0.39 is 0 Å². The summed E-state index contributed by atoms with van der Waals surface area (Å²) in [6.45, 7) is 0. The molecule has 184 valence electrons. The second-order valence-corrected chi connectivity index (χ2v) is 10.5. The van der Waals surface area contributed by atoms with E-state index >= 15 is 0 Å². The van der Waals surface area contributed by atoms with Crippen molar-refractivity contribution in [3.63, 3.8) is 0 Å². The van der Waals surface area contributed by atoms with Crippen LogP contribution in [0, 0.1) is 0 Å². The predicted molar refractivity (Wildman–Crippen MR) is 181 cm³/mol. The smallest absolute Gasteiger partial charge is 0.208 e. The van der Waals surface area contributed by atoms with E-state index in [0.717, 1.165) is 32.8 Å². The summed E-state index contributed by atoms with van der Waals surface area (Å²) >= 11 is 6.40. The number of fused-ring (bicyclic) bond motifs is 4. The molecule has 0 aliphatic rings. The molecule has 0 unspecified atom stereocenters. The maximum absolute atomic E-state index is 6.40. The number of halogens is 1. The van der Waals surface area contributed by atoms with Gasteiger partial charge in [0.2, 0.25) is 5.28 Å². The van der Waals surface area contributed by atoms with Crippen molar-refractivity contribution in [3.05, 3.63) is 96.3 Å². The van der Waals surface area contributed by atoms with Crippen LogP contribution < -0.4 is 27.3 Å². The minimum atomic E-state index is 0.119. The van der Waals surface area contributed by atoms with Crippen LogP contribution in [0.2, 0.25) is 5.28 Å². The van der Waals surface area contributed by atoms with E-state index in [1.165, 1.54) is 16.2 Å². The van der Waals surface area contributed by atoms with Gasteiger partial charge in [-0.2, -0.15) is 9.97 Å². The average Bonchev–Trinajstić information content (AvgIpc) is 3.02. The van der Waals surface area contributed by atoms with Crippen molar-refractivity contribution in [2.75, 3.05) is 0 Å². The van der Waals surface area contributed by atoms with E-state index in [-0.39, 0.29) is 21.7 Å². The molecule has 42 heavy (non-hydrogen) atoms. The van der Waals surface area contributed by atoms with Crippen LogP contribution in [0.5, 0.6) is 0 Å². The Balaban J connectivity index is 1.28. The molecule has 7 rings (SSSR count). The van der Waals surface area contributed by atoms with Gasteiger partial charge in [-0.05, 0) is 73.2 Å². The Morgan fingerprint density at radius 2 is 0.905 bits per heavy atom. The molecule has 0 atom stereocenters. The molecule has 0 saturated carbocycles. The maximum Gasteiger partial charge on any atom is 0.226 e. The van der Waals surface area contributed by atoms with Crippen LogP contribution in [0.3, 0.4) is 0 Å². The highest BCUT2D eigenvalue weighted by molar-refractivity contribution is 6.68. The number of hydrogen-bond donors (Lipinski definition) is 0. The molecule has 7 aromatic rings. The SMILES string of the molecule is [B]c1c([B])c([B])c(-c2ccc3cc(-c4nc(Cl)nc(-c5ccc6c(ccc7ccccc76)c5)n4)ccc3c2)c([B])c1[B]. The lowest BCUT2D eigenvalue weighted by Gasteiger charge is -2.21. The third kappa shape index (κ3) is 4.42. The molecule has 10 radical (unpaired) electrons. The van der Waals surface area contributed by atoms with Crippen molar-refractivity contribution in [3.8, 4) is 33.9 Å². The van der Waals surface area contributed by atoms with Gasteiger partial charge in [0.25, 0.3) is 0 Å². The van der Waals surface area contributed by atoms with Gasteiger partial charge in [-0.15, -0.1) is 16.4 Å². The molecule has 9 heteroatoms. The topological polar surface area (TPSA) is 38.7 Å². The van der Waals surface area contributed by atoms with E-state index in [4.69, 9.17) is 55.8 Å². The summed E-state index contributed by atoms with van der Waals surface area (Å²) < 4.78 is 0. The highest BCUT2D eigenvalue weighted by atomic mass is 35.5. The Bertz CT molecular complexity index is 2210. The molecule has 0 amide bonds. The number of benzene rings is 6. The first-order chi connectivity index (χ1) is 20.3. The Labute approximate surface area is 254 Å². The molecule has 1 heterocycles.